The van der Waals surface area contributed by atoms with Gasteiger partial charge in [0.25, 0.3) is 0 Å². The van der Waals surface area contributed by atoms with Crippen molar-refractivity contribution in [2.75, 3.05) is 0 Å². The number of hydrogen-bond acceptors (Lipinski definition) is 5. The predicted molar refractivity (Wildman–Crippen MR) is 121 cm³/mol. The number of ketones is 1. The Morgan fingerprint density at radius 3 is 2.34 bits per heavy atom. The number of phenols is 1. The van der Waals surface area contributed by atoms with Crippen LogP contribution in [0, 0.1) is 5.41 Å². The minimum Gasteiger partial charge on any atom is -0.508 e. The second kappa shape index (κ2) is 7.64. The van der Waals surface area contributed by atoms with Crippen molar-refractivity contribution in [3.8, 4) is 28.2 Å². The van der Waals surface area contributed by atoms with Gasteiger partial charge < -0.3 is 14.6 Å². The Labute approximate surface area is 184 Å². The van der Waals surface area contributed by atoms with Gasteiger partial charge in [-0.25, -0.2) is 4.79 Å². The first kappa shape index (κ1) is 21.3. The minimum atomic E-state index is -1.13. The highest BCUT2D eigenvalue weighted by atomic mass is 16.4. The molecule has 0 unspecified atom stereocenters. The number of phenolic OH excluding ortho intramolecular Hbond substituents is 1. The number of aromatic carboxylic acids is 1. The second-order valence-corrected chi connectivity index (χ2v) is 8.85. The van der Waals surface area contributed by atoms with Crippen LogP contribution in [0.3, 0.4) is 0 Å². The summed E-state index contributed by atoms with van der Waals surface area (Å²) in [6.45, 7) is 5.48. The van der Waals surface area contributed by atoms with Gasteiger partial charge in [0.05, 0.1) is 5.56 Å². The van der Waals surface area contributed by atoms with Crippen LogP contribution in [0.15, 0.2) is 63.8 Å². The van der Waals surface area contributed by atoms with E-state index >= 15 is 0 Å². The molecule has 1 aliphatic heterocycles. The lowest BCUT2D eigenvalue weighted by molar-refractivity contribution is -0.125. The Balaban J connectivity index is 2.00. The lowest BCUT2D eigenvalue weighted by Gasteiger charge is -2.19. The summed E-state index contributed by atoms with van der Waals surface area (Å²) in [4.78, 5) is 36.6. The van der Waals surface area contributed by atoms with Crippen molar-refractivity contribution < 1.29 is 24.2 Å². The fourth-order valence-electron chi connectivity index (χ4n) is 3.70. The fraction of sp³-hybridized carbons (Fsp3) is 0.192. The van der Waals surface area contributed by atoms with Gasteiger partial charge in [-0.3, -0.25) is 9.59 Å². The SMILES string of the molecule is CC(C)(C)C(=O)Cc1ccc(-c2c3ccc(=O)cc-3oc3cc(O)ccc23)c(C(=O)O)c1. The third kappa shape index (κ3) is 3.87. The van der Waals surface area contributed by atoms with Crippen LogP contribution in [-0.2, 0) is 11.2 Å². The monoisotopic (exact) mass is 430 g/mol. The van der Waals surface area contributed by atoms with Crippen molar-refractivity contribution in [1.29, 1.82) is 0 Å². The highest BCUT2D eigenvalue weighted by Crippen LogP contribution is 2.42. The van der Waals surface area contributed by atoms with Gasteiger partial charge in [-0.1, -0.05) is 32.9 Å². The molecule has 2 aromatic rings. The number of rotatable bonds is 4. The highest BCUT2D eigenvalue weighted by Gasteiger charge is 2.24. The van der Waals surface area contributed by atoms with Gasteiger partial charge in [-0.2, -0.15) is 0 Å². The van der Waals surface area contributed by atoms with Gasteiger partial charge in [0.15, 0.2) is 5.43 Å². The van der Waals surface area contributed by atoms with Crippen molar-refractivity contribution in [2.45, 2.75) is 27.2 Å². The van der Waals surface area contributed by atoms with E-state index in [2.05, 4.69) is 0 Å². The Hall–Kier alpha value is -3.93. The Kier molecular flexibility index (Phi) is 5.09. The van der Waals surface area contributed by atoms with Gasteiger partial charge in [-0.15, -0.1) is 0 Å². The molecule has 0 spiro atoms. The first-order chi connectivity index (χ1) is 15.0. The van der Waals surface area contributed by atoms with Crippen molar-refractivity contribution in [3.05, 3.63) is 75.9 Å². The molecule has 6 heteroatoms. The minimum absolute atomic E-state index is 0.00875. The number of carbonyl (C=O) groups excluding carboxylic acids is 1. The summed E-state index contributed by atoms with van der Waals surface area (Å²) in [5.41, 5.74) is 1.77. The van der Waals surface area contributed by atoms with Gasteiger partial charge >= 0.3 is 5.97 Å². The largest absolute Gasteiger partial charge is 0.508 e. The maximum atomic E-state index is 12.5. The van der Waals surface area contributed by atoms with Crippen LogP contribution < -0.4 is 5.43 Å². The predicted octanol–water partition coefficient (Wildman–Crippen LogP) is 5.13. The maximum absolute atomic E-state index is 12.5. The number of aromatic hydroxyl groups is 1. The summed E-state index contributed by atoms with van der Waals surface area (Å²) in [5, 5.41) is 20.5. The van der Waals surface area contributed by atoms with Crippen LogP contribution in [0.1, 0.15) is 36.7 Å². The van der Waals surface area contributed by atoms with E-state index in [1.54, 1.807) is 24.3 Å². The molecule has 1 heterocycles. The van der Waals surface area contributed by atoms with Crippen LogP contribution in [0.4, 0.5) is 0 Å². The zero-order chi connectivity index (χ0) is 23.2. The van der Waals surface area contributed by atoms with Gasteiger partial charge in [0.2, 0.25) is 0 Å². The Morgan fingerprint density at radius 2 is 1.66 bits per heavy atom. The first-order valence-corrected chi connectivity index (χ1v) is 10.1. The molecule has 0 radical (unpaired) electrons. The summed E-state index contributed by atoms with van der Waals surface area (Å²) in [6, 6.07) is 13.8. The molecule has 0 fully saturated rings. The van der Waals surface area contributed by atoms with Crippen LogP contribution in [0.25, 0.3) is 33.4 Å². The van der Waals surface area contributed by atoms with Crippen molar-refractivity contribution in [1.82, 2.24) is 0 Å². The molecule has 1 aliphatic carbocycles. The van der Waals surface area contributed by atoms with Crippen LogP contribution in [0.5, 0.6) is 5.75 Å². The zero-order valence-electron chi connectivity index (χ0n) is 17.9. The van der Waals surface area contributed by atoms with E-state index in [9.17, 15) is 24.6 Å². The molecule has 0 atom stereocenters. The smallest absolute Gasteiger partial charge is 0.336 e. The van der Waals surface area contributed by atoms with Crippen LogP contribution >= 0.6 is 0 Å². The molecule has 2 aliphatic rings. The van der Waals surface area contributed by atoms with E-state index in [4.69, 9.17) is 4.42 Å². The lowest BCUT2D eigenvalue weighted by Crippen LogP contribution is -2.22. The molecule has 0 aromatic heterocycles. The molecule has 4 rings (SSSR count). The molecule has 0 amide bonds. The number of carboxylic acids is 1. The quantitative estimate of drug-likeness (QED) is 0.435. The van der Waals surface area contributed by atoms with Crippen molar-refractivity contribution in [2.24, 2.45) is 5.41 Å². The summed E-state index contributed by atoms with van der Waals surface area (Å²) in [5.74, 6) is -0.853. The fourth-order valence-corrected chi connectivity index (χ4v) is 3.70. The first-order valence-electron chi connectivity index (χ1n) is 10.1. The third-order valence-corrected chi connectivity index (χ3v) is 5.46. The normalized spacial score (nSPS) is 11.7. The number of Topliss-reactive ketones (excluding diaryl/α,β-unsaturated/α-hetero) is 1. The number of benzene rings is 3. The molecule has 0 saturated heterocycles. The van der Waals surface area contributed by atoms with Crippen LogP contribution in [-0.4, -0.2) is 22.0 Å². The van der Waals surface area contributed by atoms with E-state index in [1.165, 1.54) is 30.3 Å². The Morgan fingerprint density at radius 1 is 0.938 bits per heavy atom. The summed E-state index contributed by atoms with van der Waals surface area (Å²) in [6.07, 6.45) is 0.128. The number of carboxylic acid groups (broad SMARTS) is 1. The number of fused-ring (bicyclic) bond motifs is 2. The molecule has 0 bridgehead atoms. The van der Waals surface area contributed by atoms with Crippen LogP contribution in [0.2, 0.25) is 0 Å². The summed E-state index contributed by atoms with van der Waals surface area (Å²) < 4.78 is 5.83. The van der Waals surface area contributed by atoms with Gasteiger partial charge in [-0.05, 0) is 41.5 Å². The highest BCUT2D eigenvalue weighted by molar-refractivity contribution is 6.07. The van der Waals surface area contributed by atoms with Crippen molar-refractivity contribution in [3.63, 3.8) is 0 Å². The molecular formula is C26H22O6. The molecular weight excluding hydrogens is 408 g/mol. The molecule has 2 N–H and O–H groups in total. The maximum Gasteiger partial charge on any atom is 0.336 e. The second-order valence-electron chi connectivity index (χ2n) is 8.85. The van der Waals surface area contributed by atoms with Gasteiger partial charge in [0.1, 0.15) is 22.9 Å². The molecule has 0 saturated carbocycles. The third-order valence-electron chi connectivity index (χ3n) is 5.46. The van der Waals surface area contributed by atoms with E-state index < -0.39 is 11.4 Å². The lowest BCUT2D eigenvalue weighted by atomic mass is 9.85. The molecule has 2 aromatic carbocycles. The van der Waals surface area contributed by atoms with E-state index in [1.807, 2.05) is 20.8 Å². The molecule has 6 nitrogen and oxygen atoms in total. The van der Waals surface area contributed by atoms with E-state index in [-0.39, 0.29) is 34.7 Å². The topological polar surface area (TPSA) is 105 Å². The summed E-state index contributed by atoms with van der Waals surface area (Å²) in [7, 11) is 0. The van der Waals surface area contributed by atoms with Gasteiger partial charge in [0, 0.05) is 40.5 Å². The molecule has 162 valence electrons. The number of hydrogen-bond donors (Lipinski definition) is 2. The average molecular weight is 430 g/mol. The average Bonchev–Trinajstić information content (AvgIpc) is 2.71. The molecule has 32 heavy (non-hydrogen) atoms. The number of carbonyl (C=O) groups is 2. The van der Waals surface area contributed by atoms with E-state index in [0.717, 1.165) is 0 Å². The van der Waals surface area contributed by atoms with E-state index in [0.29, 0.717) is 33.2 Å². The zero-order valence-corrected chi connectivity index (χ0v) is 17.9. The summed E-state index contributed by atoms with van der Waals surface area (Å²) >= 11 is 0. The Bertz CT molecular complexity index is 1400. The standard InChI is InChI=1S/C26H22O6/c1-26(2,3)23(29)11-14-4-7-17(20(10-14)25(30)31)24-18-8-5-15(27)12-21(18)32-22-13-16(28)6-9-19(22)24/h4-10,12-13,27H,11H2,1-3H3,(H,30,31). The van der Waals surface area contributed by atoms with Crippen molar-refractivity contribution >= 4 is 22.7 Å².